The highest BCUT2D eigenvalue weighted by Crippen LogP contribution is 2.25. The molecule has 0 radical (unpaired) electrons. The number of phenols is 2. The fourth-order valence-corrected chi connectivity index (χ4v) is 2.44. The first-order valence-electron chi connectivity index (χ1n) is 5.62. The molecule has 0 bridgehead atoms. The van der Waals surface area contributed by atoms with Crippen LogP contribution in [0.15, 0.2) is 18.2 Å². The minimum absolute atomic E-state index is 0.149. The van der Waals surface area contributed by atoms with E-state index in [1.54, 1.807) is 4.90 Å². The van der Waals surface area contributed by atoms with Crippen molar-refractivity contribution in [2.75, 3.05) is 6.54 Å². The van der Waals surface area contributed by atoms with Crippen LogP contribution in [0.5, 0.6) is 11.5 Å². The highest BCUT2D eigenvalue weighted by molar-refractivity contribution is 7.80. The molecule has 1 amide bonds. The Morgan fingerprint density at radius 3 is 2.50 bits per heavy atom. The third-order valence-electron chi connectivity index (χ3n) is 2.99. The molecule has 1 aromatic rings. The van der Waals surface area contributed by atoms with E-state index in [1.807, 2.05) is 0 Å². The monoisotopic (exact) mass is 266 g/mol. The zero-order valence-electron chi connectivity index (χ0n) is 9.67. The first-order chi connectivity index (χ1) is 8.49. The number of thiocarbonyl (C=S) groups is 1. The lowest BCUT2D eigenvalue weighted by Crippen LogP contribution is -2.42. The Bertz CT molecular complexity index is 484. The normalized spacial score (nSPS) is 18.9. The van der Waals surface area contributed by atoms with E-state index in [0.29, 0.717) is 11.5 Å². The minimum Gasteiger partial charge on any atom is -0.508 e. The molecule has 18 heavy (non-hydrogen) atoms. The van der Waals surface area contributed by atoms with E-state index in [0.717, 1.165) is 12.8 Å². The van der Waals surface area contributed by atoms with Crippen LogP contribution in [-0.4, -0.2) is 38.6 Å². The molecule has 0 saturated carbocycles. The second-order valence-electron chi connectivity index (χ2n) is 4.30. The summed E-state index contributed by atoms with van der Waals surface area (Å²) in [4.78, 5) is 14.1. The van der Waals surface area contributed by atoms with E-state index in [-0.39, 0.29) is 29.0 Å². The van der Waals surface area contributed by atoms with Crippen molar-refractivity contribution >= 4 is 23.1 Å². The maximum atomic E-state index is 12.3. The van der Waals surface area contributed by atoms with Gasteiger partial charge in [-0.2, -0.15) is 0 Å². The molecule has 4 N–H and O–H groups in total. The van der Waals surface area contributed by atoms with Gasteiger partial charge < -0.3 is 20.8 Å². The van der Waals surface area contributed by atoms with Crippen LogP contribution in [0.25, 0.3) is 0 Å². The van der Waals surface area contributed by atoms with Crippen molar-refractivity contribution in [3.8, 4) is 11.5 Å². The van der Waals surface area contributed by atoms with E-state index >= 15 is 0 Å². The molecule has 1 saturated heterocycles. The van der Waals surface area contributed by atoms with Gasteiger partial charge in [-0.25, -0.2) is 0 Å². The average Bonchev–Trinajstić information content (AvgIpc) is 2.75. The van der Waals surface area contributed by atoms with Crippen molar-refractivity contribution in [1.29, 1.82) is 0 Å². The molecule has 1 heterocycles. The van der Waals surface area contributed by atoms with Crippen molar-refractivity contribution in [2.45, 2.75) is 18.9 Å². The summed E-state index contributed by atoms with van der Waals surface area (Å²) in [5.41, 5.74) is 5.83. The number of phenolic OH excluding ortho intramolecular Hbond substituents is 2. The molecule has 1 aromatic carbocycles. The summed E-state index contributed by atoms with van der Waals surface area (Å²) in [6, 6.07) is 3.57. The van der Waals surface area contributed by atoms with Gasteiger partial charge in [-0.15, -0.1) is 0 Å². The number of amides is 1. The van der Waals surface area contributed by atoms with Gasteiger partial charge in [0.1, 0.15) is 11.5 Å². The highest BCUT2D eigenvalue weighted by Gasteiger charge is 2.31. The molecule has 2 rings (SSSR count). The van der Waals surface area contributed by atoms with Gasteiger partial charge in [-0.05, 0) is 25.0 Å². The van der Waals surface area contributed by atoms with Crippen LogP contribution < -0.4 is 5.73 Å². The molecule has 1 aliphatic rings. The van der Waals surface area contributed by atoms with E-state index in [4.69, 9.17) is 18.0 Å². The number of likely N-dealkylation sites (tertiary alicyclic amines) is 1. The SMILES string of the molecule is NC(=S)C1CCCN1C(=O)c1cc(O)cc(O)c1. The number of nitrogens with two attached hydrogens (primary N) is 1. The molecule has 5 nitrogen and oxygen atoms in total. The summed E-state index contributed by atoms with van der Waals surface area (Å²) < 4.78 is 0. The molecular weight excluding hydrogens is 252 g/mol. The van der Waals surface area contributed by atoms with Crippen molar-refractivity contribution < 1.29 is 15.0 Å². The maximum Gasteiger partial charge on any atom is 0.254 e. The predicted octanol–water partition coefficient (Wildman–Crippen LogP) is 0.988. The number of hydrogen-bond donors (Lipinski definition) is 3. The van der Waals surface area contributed by atoms with E-state index < -0.39 is 0 Å². The molecule has 1 aliphatic heterocycles. The predicted molar refractivity (Wildman–Crippen MR) is 70.6 cm³/mol. The topological polar surface area (TPSA) is 86.8 Å². The van der Waals surface area contributed by atoms with Crippen molar-refractivity contribution in [3.63, 3.8) is 0 Å². The van der Waals surface area contributed by atoms with Crippen LogP contribution in [0.1, 0.15) is 23.2 Å². The van der Waals surface area contributed by atoms with Crippen LogP contribution in [0, 0.1) is 0 Å². The smallest absolute Gasteiger partial charge is 0.254 e. The molecular formula is C12H14N2O3S. The van der Waals surface area contributed by atoms with E-state index in [9.17, 15) is 15.0 Å². The first-order valence-corrected chi connectivity index (χ1v) is 6.03. The number of aromatic hydroxyl groups is 2. The third-order valence-corrected chi connectivity index (χ3v) is 3.26. The Balaban J connectivity index is 2.28. The number of nitrogens with zero attached hydrogens (tertiary/aromatic N) is 1. The zero-order chi connectivity index (χ0) is 13.3. The van der Waals surface area contributed by atoms with Crippen molar-refractivity contribution in [3.05, 3.63) is 23.8 Å². The van der Waals surface area contributed by atoms with E-state index in [1.165, 1.54) is 18.2 Å². The summed E-state index contributed by atoms with van der Waals surface area (Å²) in [6.07, 6.45) is 1.60. The molecule has 0 aromatic heterocycles. The van der Waals surface area contributed by atoms with Gasteiger partial charge in [0, 0.05) is 18.2 Å². The number of carbonyl (C=O) groups is 1. The average molecular weight is 266 g/mol. The van der Waals surface area contributed by atoms with Gasteiger partial charge in [-0.3, -0.25) is 4.79 Å². The quantitative estimate of drug-likeness (QED) is 0.695. The second kappa shape index (κ2) is 4.81. The Labute approximate surface area is 110 Å². The standard InChI is InChI=1S/C12H14N2O3S/c13-11(18)10-2-1-3-14(10)12(17)7-4-8(15)6-9(16)5-7/h4-6,10,15-16H,1-3H2,(H2,13,18). The lowest BCUT2D eigenvalue weighted by atomic mass is 10.1. The lowest BCUT2D eigenvalue weighted by Gasteiger charge is -2.23. The summed E-state index contributed by atoms with van der Waals surface area (Å²) in [6.45, 7) is 0.581. The molecule has 96 valence electrons. The number of carbonyl (C=O) groups excluding carboxylic acids is 1. The van der Waals surface area contributed by atoms with Gasteiger partial charge in [0.15, 0.2) is 0 Å². The summed E-state index contributed by atoms with van der Waals surface area (Å²) in [7, 11) is 0. The fraction of sp³-hybridized carbons (Fsp3) is 0.333. The largest absolute Gasteiger partial charge is 0.508 e. The van der Waals surface area contributed by atoms with Gasteiger partial charge in [-0.1, -0.05) is 12.2 Å². The zero-order valence-corrected chi connectivity index (χ0v) is 10.5. The van der Waals surface area contributed by atoms with Gasteiger partial charge in [0.25, 0.3) is 5.91 Å². The fourth-order valence-electron chi connectivity index (χ4n) is 2.19. The number of benzene rings is 1. The summed E-state index contributed by atoms with van der Waals surface area (Å²) >= 11 is 4.94. The van der Waals surface area contributed by atoms with Crippen LogP contribution in [0.2, 0.25) is 0 Å². The molecule has 1 unspecified atom stereocenters. The molecule has 0 aliphatic carbocycles. The highest BCUT2D eigenvalue weighted by atomic mass is 32.1. The summed E-state index contributed by atoms with van der Waals surface area (Å²) in [5, 5.41) is 18.8. The number of hydrogen-bond acceptors (Lipinski definition) is 4. The van der Waals surface area contributed by atoms with Crippen LogP contribution in [-0.2, 0) is 0 Å². The Hall–Kier alpha value is -1.82. The van der Waals surface area contributed by atoms with Gasteiger partial charge in [0.05, 0.1) is 11.0 Å². The molecule has 6 heteroatoms. The van der Waals surface area contributed by atoms with Crippen LogP contribution in [0.3, 0.4) is 0 Å². The molecule has 1 fully saturated rings. The first kappa shape index (κ1) is 12.6. The van der Waals surface area contributed by atoms with E-state index in [2.05, 4.69) is 0 Å². The Morgan fingerprint density at radius 1 is 1.33 bits per heavy atom. The Morgan fingerprint density at radius 2 is 1.94 bits per heavy atom. The van der Waals surface area contributed by atoms with Crippen molar-refractivity contribution in [2.24, 2.45) is 5.73 Å². The maximum absolute atomic E-state index is 12.3. The third kappa shape index (κ3) is 2.38. The van der Waals surface area contributed by atoms with Crippen molar-refractivity contribution in [1.82, 2.24) is 4.90 Å². The van der Waals surface area contributed by atoms with Gasteiger partial charge >= 0.3 is 0 Å². The molecule has 1 atom stereocenters. The number of rotatable bonds is 2. The second-order valence-corrected chi connectivity index (χ2v) is 4.77. The summed E-state index contributed by atoms with van der Waals surface area (Å²) in [5.74, 6) is -0.578. The van der Waals surface area contributed by atoms with Crippen LogP contribution in [0.4, 0.5) is 0 Å². The van der Waals surface area contributed by atoms with Crippen LogP contribution >= 0.6 is 12.2 Å². The minimum atomic E-state index is -0.281. The molecule has 0 spiro atoms. The Kier molecular flexibility index (Phi) is 3.38. The lowest BCUT2D eigenvalue weighted by molar-refractivity contribution is 0.0769. The van der Waals surface area contributed by atoms with Gasteiger partial charge in [0.2, 0.25) is 0 Å².